The molecule has 0 saturated heterocycles. The van der Waals surface area contributed by atoms with Gasteiger partial charge in [0.05, 0.1) is 0 Å². The minimum atomic E-state index is 0.154. The fraction of sp³-hybridized carbons (Fsp3) is 0. The molecule has 1 heterocycles. The summed E-state index contributed by atoms with van der Waals surface area (Å²) in [4.78, 5) is 15.2. The first-order chi connectivity index (χ1) is 28.2. The molecular formula is C53H33N3O. The lowest BCUT2D eigenvalue weighted by molar-refractivity contribution is 0.477. The number of fused-ring (bicyclic) bond motifs is 9. The molecule has 0 atom stereocenters. The van der Waals surface area contributed by atoms with Crippen molar-refractivity contribution >= 4 is 53.9 Å². The van der Waals surface area contributed by atoms with Crippen molar-refractivity contribution in [1.82, 2.24) is 15.0 Å². The van der Waals surface area contributed by atoms with Crippen LogP contribution in [-0.2, 0) is 0 Å². The molecule has 4 heteroatoms. The summed E-state index contributed by atoms with van der Waals surface area (Å²) in [7, 11) is 0. The molecule has 0 fully saturated rings. The molecule has 1 N–H and O–H groups in total. The predicted molar refractivity (Wildman–Crippen MR) is 236 cm³/mol. The van der Waals surface area contributed by atoms with Gasteiger partial charge < -0.3 is 5.11 Å². The third kappa shape index (κ3) is 5.58. The highest BCUT2D eigenvalue weighted by atomic mass is 16.3. The molecule has 0 bridgehead atoms. The number of phenols is 1. The van der Waals surface area contributed by atoms with Crippen molar-refractivity contribution in [3.63, 3.8) is 0 Å². The molecule has 57 heavy (non-hydrogen) atoms. The van der Waals surface area contributed by atoms with Crippen molar-refractivity contribution in [2.45, 2.75) is 0 Å². The largest absolute Gasteiger partial charge is 0.507 e. The van der Waals surface area contributed by atoms with Crippen LogP contribution >= 0.6 is 0 Å². The summed E-state index contributed by atoms with van der Waals surface area (Å²) in [5.41, 5.74) is 6.16. The van der Waals surface area contributed by atoms with Crippen LogP contribution in [-0.4, -0.2) is 20.1 Å². The normalized spacial score (nSPS) is 11.6. The van der Waals surface area contributed by atoms with Crippen LogP contribution < -0.4 is 0 Å². The van der Waals surface area contributed by atoms with Gasteiger partial charge in [0.1, 0.15) is 5.75 Å². The second-order valence-electron chi connectivity index (χ2n) is 14.5. The predicted octanol–water partition coefficient (Wildman–Crippen LogP) is 13.7. The lowest BCUT2D eigenvalue weighted by Gasteiger charge is -2.15. The molecule has 0 aliphatic rings. The molecule has 11 aromatic rings. The molecule has 266 valence electrons. The standard InChI is InChI=1S/C53H33N3O/c57-49-23-11-22-47(50(49)38-16-10-15-35(30-38)36-26-29-46-44-20-7-6-18-42(44)43-19-8-9-21-45(43)48(46)32-36)53-55-51(34-13-2-1-3-14-34)54-52(56-53)39-27-28-41-37(31-39)25-24-33-12-4-5-17-40(33)41/h1-32,57H. The van der Waals surface area contributed by atoms with E-state index >= 15 is 0 Å². The Morgan fingerprint density at radius 1 is 0.281 bits per heavy atom. The number of hydrogen-bond acceptors (Lipinski definition) is 4. The summed E-state index contributed by atoms with van der Waals surface area (Å²) in [6, 6.07) is 67.1. The maximum Gasteiger partial charge on any atom is 0.164 e. The van der Waals surface area contributed by atoms with Crippen molar-refractivity contribution in [2.24, 2.45) is 0 Å². The maximum absolute atomic E-state index is 11.6. The van der Waals surface area contributed by atoms with Gasteiger partial charge in [0.15, 0.2) is 17.5 Å². The van der Waals surface area contributed by atoms with Gasteiger partial charge in [-0.25, -0.2) is 15.0 Å². The average Bonchev–Trinajstić information content (AvgIpc) is 3.29. The number of phenolic OH excluding ortho intramolecular Hbond substituents is 1. The highest BCUT2D eigenvalue weighted by molar-refractivity contribution is 6.25. The monoisotopic (exact) mass is 727 g/mol. The summed E-state index contributed by atoms with van der Waals surface area (Å²) < 4.78 is 0. The topological polar surface area (TPSA) is 58.9 Å². The second kappa shape index (κ2) is 13.3. The van der Waals surface area contributed by atoms with Crippen molar-refractivity contribution < 1.29 is 5.11 Å². The molecule has 0 saturated carbocycles. The van der Waals surface area contributed by atoms with Gasteiger partial charge in [0, 0.05) is 22.3 Å². The highest BCUT2D eigenvalue weighted by Gasteiger charge is 2.19. The third-order valence-corrected chi connectivity index (χ3v) is 11.2. The van der Waals surface area contributed by atoms with Crippen LogP contribution in [0.3, 0.4) is 0 Å². The van der Waals surface area contributed by atoms with Gasteiger partial charge >= 0.3 is 0 Å². The first-order valence-corrected chi connectivity index (χ1v) is 19.2. The summed E-state index contributed by atoms with van der Waals surface area (Å²) in [6.45, 7) is 0. The lowest BCUT2D eigenvalue weighted by Crippen LogP contribution is -2.01. The Morgan fingerprint density at radius 2 is 0.789 bits per heavy atom. The Kier molecular flexibility index (Phi) is 7.61. The smallest absolute Gasteiger partial charge is 0.164 e. The fourth-order valence-corrected chi connectivity index (χ4v) is 8.47. The van der Waals surface area contributed by atoms with Crippen LogP contribution in [0.5, 0.6) is 5.75 Å². The molecule has 0 aliphatic carbocycles. The quantitative estimate of drug-likeness (QED) is 0.179. The number of aromatic nitrogens is 3. The Hall–Kier alpha value is -7.69. The zero-order chi connectivity index (χ0) is 37.9. The van der Waals surface area contributed by atoms with Crippen LogP contribution in [0.1, 0.15) is 0 Å². The molecule has 0 aliphatic heterocycles. The Morgan fingerprint density at radius 3 is 1.56 bits per heavy atom. The molecule has 0 amide bonds. The molecule has 11 rings (SSSR count). The van der Waals surface area contributed by atoms with E-state index in [1.165, 1.54) is 48.5 Å². The average molecular weight is 728 g/mol. The van der Waals surface area contributed by atoms with Crippen molar-refractivity contribution in [3.05, 3.63) is 194 Å². The zero-order valence-electron chi connectivity index (χ0n) is 30.8. The second-order valence-corrected chi connectivity index (χ2v) is 14.5. The third-order valence-electron chi connectivity index (χ3n) is 11.2. The van der Waals surface area contributed by atoms with E-state index < -0.39 is 0 Å². The summed E-state index contributed by atoms with van der Waals surface area (Å²) >= 11 is 0. The van der Waals surface area contributed by atoms with E-state index in [1.807, 2.05) is 48.5 Å². The molecule has 0 spiro atoms. The minimum absolute atomic E-state index is 0.154. The van der Waals surface area contributed by atoms with Crippen molar-refractivity contribution in [2.75, 3.05) is 0 Å². The fourth-order valence-electron chi connectivity index (χ4n) is 8.47. The van der Waals surface area contributed by atoms with Gasteiger partial charge in [-0.2, -0.15) is 0 Å². The number of nitrogens with zero attached hydrogens (tertiary/aromatic N) is 3. The summed E-state index contributed by atoms with van der Waals surface area (Å²) in [5.74, 6) is 1.76. The number of rotatable bonds is 5. The molecule has 10 aromatic carbocycles. The van der Waals surface area contributed by atoms with Gasteiger partial charge in [0.2, 0.25) is 0 Å². The van der Waals surface area contributed by atoms with Crippen LogP contribution in [0.25, 0.3) is 110 Å². The molecular weight excluding hydrogens is 695 g/mol. The number of aromatic hydroxyl groups is 1. The highest BCUT2D eigenvalue weighted by Crippen LogP contribution is 2.42. The molecule has 4 nitrogen and oxygen atoms in total. The van der Waals surface area contributed by atoms with E-state index in [0.29, 0.717) is 23.0 Å². The number of hydrogen-bond donors (Lipinski definition) is 1. The molecule has 0 radical (unpaired) electrons. The van der Waals surface area contributed by atoms with E-state index in [4.69, 9.17) is 15.0 Å². The van der Waals surface area contributed by atoms with Crippen molar-refractivity contribution in [3.8, 4) is 62.2 Å². The summed E-state index contributed by atoms with van der Waals surface area (Å²) in [6.07, 6.45) is 0. The van der Waals surface area contributed by atoms with Gasteiger partial charge in [-0.05, 0) is 94.8 Å². The molecule has 0 unspecified atom stereocenters. The van der Waals surface area contributed by atoms with Crippen LogP contribution in [0.4, 0.5) is 0 Å². The first-order valence-electron chi connectivity index (χ1n) is 19.2. The van der Waals surface area contributed by atoms with E-state index in [0.717, 1.165) is 38.8 Å². The Labute approximate surface area is 329 Å². The zero-order valence-corrected chi connectivity index (χ0v) is 30.8. The lowest BCUT2D eigenvalue weighted by atomic mass is 9.91. The SMILES string of the molecule is Oc1cccc(-c2nc(-c3ccccc3)nc(-c3ccc4c(ccc5ccccc54)c3)n2)c1-c1cccc(-c2ccc3c4ccccc4c4ccccc4c3c2)c1. The van der Waals surface area contributed by atoms with Crippen LogP contribution in [0, 0.1) is 0 Å². The van der Waals surface area contributed by atoms with Crippen molar-refractivity contribution in [1.29, 1.82) is 0 Å². The maximum atomic E-state index is 11.6. The number of benzene rings is 10. The van der Waals surface area contributed by atoms with E-state index in [-0.39, 0.29) is 5.75 Å². The molecule has 1 aromatic heterocycles. The Balaban J connectivity index is 1.06. The van der Waals surface area contributed by atoms with Crippen LogP contribution in [0.2, 0.25) is 0 Å². The van der Waals surface area contributed by atoms with Gasteiger partial charge in [-0.1, -0.05) is 170 Å². The van der Waals surface area contributed by atoms with Gasteiger partial charge in [-0.3, -0.25) is 0 Å². The van der Waals surface area contributed by atoms with Gasteiger partial charge in [-0.15, -0.1) is 0 Å². The minimum Gasteiger partial charge on any atom is -0.507 e. The Bertz CT molecular complexity index is 3340. The van der Waals surface area contributed by atoms with E-state index in [9.17, 15) is 5.11 Å². The van der Waals surface area contributed by atoms with Gasteiger partial charge in [0.25, 0.3) is 0 Å². The van der Waals surface area contributed by atoms with E-state index in [2.05, 4.69) is 140 Å². The summed E-state index contributed by atoms with van der Waals surface area (Å²) in [5, 5.41) is 23.8. The first kappa shape index (κ1) is 32.7. The van der Waals surface area contributed by atoms with E-state index in [1.54, 1.807) is 6.07 Å². The van der Waals surface area contributed by atoms with Crippen LogP contribution in [0.15, 0.2) is 194 Å².